The van der Waals surface area contributed by atoms with Crippen LogP contribution in [0.1, 0.15) is 35.9 Å². The second kappa shape index (κ2) is 7.06. The van der Waals surface area contributed by atoms with E-state index in [0.717, 1.165) is 17.7 Å². The molecule has 2 aromatic heterocycles. The molecule has 1 aliphatic rings. The van der Waals surface area contributed by atoms with Crippen molar-refractivity contribution >= 4 is 5.91 Å². The molecule has 0 bridgehead atoms. The van der Waals surface area contributed by atoms with Crippen LogP contribution in [0.25, 0.3) is 11.4 Å². The van der Waals surface area contributed by atoms with Gasteiger partial charge >= 0.3 is 6.18 Å². The molecule has 28 heavy (non-hydrogen) atoms. The number of rotatable bonds is 4. The van der Waals surface area contributed by atoms with Crippen molar-refractivity contribution in [2.75, 3.05) is 0 Å². The second-order valence-electron chi connectivity index (χ2n) is 6.47. The highest BCUT2D eigenvalue weighted by molar-refractivity contribution is 5.78. The zero-order valence-corrected chi connectivity index (χ0v) is 14.6. The first-order chi connectivity index (χ1) is 13.4. The van der Waals surface area contributed by atoms with Crippen molar-refractivity contribution in [1.82, 2.24) is 20.0 Å². The van der Waals surface area contributed by atoms with Crippen molar-refractivity contribution in [2.24, 2.45) is 0 Å². The van der Waals surface area contributed by atoms with Gasteiger partial charge in [-0.25, -0.2) is 0 Å². The normalized spacial score (nSPS) is 17.3. The SMILES string of the molecule is O=C1CCC(c2nc(-c3ccncc3)no2)N1Cc1cccc(C(F)(F)F)c1. The molecule has 144 valence electrons. The van der Waals surface area contributed by atoms with E-state index in [1.807, 2.05) is 0 Å². The number of aromatic nitrogens is 3. The van der Waals surface area contributed by atoms with Crippen LogP contribution in [0.15, 0.2) is 53.3 Å². The fourth-order valence-electron chi connectivity index (χ4n) is 3.22. The Morgan fingerprint density at radius 1 is 1.18 bits per heavy atom. The zero-order chi connectivity index (χ0) is 19.7. The molecule has 3 aromatic rings. The van der Waals surface area contributed by atoms with E-state index in [1.165, 1.54) is 11.0 Å². The smallest absolute Gasteiger partial charge is 0.337 e. The monoisotopic (exact) mass is 388 g/mol. The summed E-state index contributed by atoms with van der Waals surface area (Å²) in [6.07, 6.45) is -0.489. The first-order valence-corrected chi connectivity index (χ1v) is 8.61. The lowest BCUT2D eigenvalue weighted by Crippen LogP contribution is -2.27. The van der Waals surface area contributed by atoms with Crippen molar-refractivity contribution in [3.8, 4) is 11.4 Å². The van der Waals surface area contributed by atoms with Gasteiger partial charge < -0.3 is 9.42 Å². The van der Waals surface area contributed by atoms with Gasteiger partial charge in [-0.2, -0.15) is 18.2 Å². The number of halogens is 3. The lowest BCUT2D eigenvalue weighted by molar-refractivity contribution is -0.137. The van der Waals surface area contributed by atoms with Gasteiger partial charge in [0.15, 0.2) is 0 Å². The van der Waals surface area contributed by atoms with Gasteiger partial charge in [0, 0.05) is 30.9 Å². The van der Waals surface area contributed by atoms with Crippen molar-refractivity contribution in [3.63, 3.8) is 0 Å². The number of alkyl halides is 3. The summed E-state index contributed by atoms with van der Waals surface area (Å²) in [6.45, 7) is 0.0421. The predicted octanol–water partition coefficient (Wildman–Crippen LogP) is 4.01. The van der Waals surface area contributed by atoms with Crippen LogP contribution in [-0.4, -0.2) is 25.9 Å². The maximum absolute atomic E-state index is 12.9. The maximum Gasteiger partial charge on any atom is 0.416 e. The first-order valence-electron chi connectivity index (χ1n) is 8.61. The van der Waals surface area contributed by atoms with Gasteiger partial charge in [0.2, 0.25) is 17.6 Å². The van der Waals surface area contributed by atoms with E-state index in [1.54, 1.807) is 30.6 Å². The average molecular weight is 388 g/mol. The molecule has 9 heteroatoms. The van der Waals surface area contributed by atoms with Crippen LogP contribution >= 0.6 is 0 Å². The van der Waals surface area contributed by atoms with Gasteiger partial charge in [-0.3, -0.25) is 9.78 Å². The van der Waals surface area contributed by atoms with Gasteiger partial charge in [-0.15, -0.1) is 0 Å². The molecule has 6 nitrogen and oxygen atoms in total. The van der Waals surface area contributed by atoms with Crippen LogP contribution < -0.4 is 0 Å². The fourth-order valence-corrected chi connectivity index (χ4v) is 3.22. The Hall–Kier alpha value is -3.23. The number of hydrogen-bond donors (Lipinski definition) is 0. The molecular formula is C19H15F3N4O2. The standard InChI is InChI=1S/C19H15F3N4O2/c20-19(21,22)14-3-1-2-12(10-14)11-26-15(4-5-16(26)27)18-24-17(25-28-18)13-6-8-23-9-7-13/h1-3,6-10,15H,4-5,11H2. The van der Waals surface area contributed by atoms with Crippen molar-refractivity contribution in [1.29, 1.82) is 0 Å². The lowest BCUT2D eigenvalue weighted by Gasteiger charge is -2.22. The minimum atomic E-state index is -4.43. The lowest BCUT2D eigenvalue weighted by atomic mass is 10.1. The molecule has 1 saturated heterocycles. The summed E-state index contributed by atoms with van der Waals surface area (Å²) in [6, 6.07) is 7.95. The number of pyridine rings is 1. The van der Waals surface area contributed by atoms with Crippen LogP contribution in [0, 0.1) is 0 Å². The number of hydrogen-bond acceptors (Lipinski definition) is 5. The quantitative estimate of drug-likeness (QED) is 0.675. The highest BCUT2D eigenvalue weighted by Gasteiger charge is 2.36. The zero-order valence-electron chi connectivity index (χ0n) is 14.6. The predicted molar refractivity (Wildman–Crippen MR) is 91.5 cm³/mol. The van der Waals surface area contributed by atoms with E-state index in [2.05, 4.69) is 15.1 Å². The molecule has 0 spiro atoms. The van der Waals surface area contributed by atoms with Crippen molar-refractivity contribution in [2.45, 2.75) is 31.6 Å². The van der Waals surface area contributed by atoms with E-state index >= 15 is 0 Å². The number of carbonyl (C=O) groups is 1. The molecule has 1 atom stereocenters. The van der Waals surface area contributed by atoms with E-state index in [9.17, 15) is 18.0 Å². The molecule has 0 N–H and O–H groups in total. The van der Waals surface area contributed by atoms with E-state index in [-0.39, 0.29) is 24.8 Å². The summed E-state index contributed by atoms with van der Waals surface area (Å²) in [5.74, 6) is 0.478. The Labute approximate surface area is 158 Å². The highest BCUT2D eigenvalue weighted by Crippen LogP contribution is 2.35. The molecule has 4 rings (SSSR count). The van der Waals surface area contributed by atoms with Crippen LogP contribution in [0.4, 0.5) is 13.2 Å². The Kier molecular flexibility index (Phi) is 4.58. The molecule has 1 fully saturated rings. The van der Waals surface area contributed by atoms with Crippen LogP contribution in [0.5, 0.6) is 0 Å². The molecule has 1 amide bonds. The minimum Gasteiger partial charge on any atom is -0.337 e. The first kappa shape index (κ1) is 18.1. The molecule has 0 saturated carbocycles. The number of nitrogens with zero attached hydrogens (tertiary/aromatic N) is 4. The number of carbonyl (C=O) groups excluding carboxylic acids is 1. The second-order valence-corrected chi connectivity index (χ2v) is 6.47. The van der Waals surface area contributed by atoms with Crippen molar-refractivity contribution in [3.05, 3.63) is 65.8 Å². The van der Waals surface area contributed by atoms with Gasteiger partial charge in [0.05, 0.1) is 5.56 Å². The van der Waals surface area contributed by atoms with Gasteiger partial charge in [-0.1, -0.05) is 17.3 Å². The molecular weight excluding hydrogens is 373 g/mol. The van der Waals surface area contributed by atoms with Crippen LogP contribution in [0.2, 0.25) is 0 Å². The molecule has 1 aliphatic heterocycles. The third-order valence-electron chi connectivity index (χ3n) is 4.60. The number of amides is 1. The third-order valence-corrected chi connectivity index (χ3v) is 4.60. The average Bonchev–Trinajstić information content (AvgIpc) is 3.30. The summed E-state index contributed by atoms with van der Waals surface area (Å²) in [5, 5.41) is 3.94. The fraction of sp³-hybridized carbons (Fsp3) is 0.263. The molecule has 0 aliphatic carbocycles. The number of benzene rings is 1. The van der Waals surface area contributed by atoms with E-state index in [4.69, 9.17) is 4.52 Å². The topological polar surface area (TPSA) is 72.1 Å². The van der Waals surface area contributed by atoms with Gasteiger partial charge in [0.25, 0.3) is 0 Å². The van der Waals surface area contributed by atoms with Crippen LogP contribution in [-0.2, 0) is 17.5 Å². The maximum atomic E-state index is 12.9. The summed E-state index contributed by atoms with van der Waals surface area (Å²) in [7, 11) is 0. The highest BCUT2D eigenvalue weighted by atomic mass is 19.4. The van der Waals surface area contributed by atoms with Crippen molar-refractivity contribution < 1.29 is 22.5 Å². The largest absolute Gasteiger partial charge is 0.416 e. The molecule has 3 heterocycles. The van der Waals surface area contributed by atoms with Gasteiger partial charge in [0.1, 0.15) is 6.04 Å². The summed E-state index contributed by atoms with van der Waals surface area (Å²) < 4.78 is 44.2. The minimum absolute atomic E-state index is 0.0421. The van der Waals surface area contributed by atoms with Gasteiger partial charge in [-0.05, 0) is 36.2 Å². The molecule has 1 unspecified atom stereocenters. The third kappa shape index (κ3) is 3.60. The van der Waals surface area contributed by atoms with Crippen LogP contribution in [0.3, 0.4) is 0 Å². The Bertz CT molecular complexity index is 988. The molecule has 0 radical (unpaired) electrons. The Balaban J connectivity index is 1.58. The Morgan fingerprint density at radius 3 is 2.71 bits per heavy atom. The summed E-state index contributed by atoms with van der Waals surface area (Å²) in [4.78, 5) is 22.1. The Morgan fingerprint density at radius 2 is 1.96 bits per heavy atom. The summed E-state index contributed by atoms with van der Waals surface area (Å²) in [5.41, 5.74) is 0.369. The van der Waals surface area contributed by atoms with E-state index < -0.39 is 17.8 Å². The number of likely N-dealkylation sites (tertiary alicyclic amines) is 1. The molecule has 1 aromatic carbocycles. The van der Waals surface area contributed by atoms with E-state index in [0.29, 0.717) is 17.8 Å². The summed E-state index contributed by atoms with van der Waals surface area (Å²) >= 11 is 0.